The van der Waals surface area contributed by atoms with Gasteiger partial charge in [-0.2, -0.15) is 13.5 Å². The number of amides is 1. The predicted octanol–water partition coefficient (Wildman–Crippen LogP) is 5.26. The van der Waals surface area contributed by atoms with Crippen molar-refractivity contribution in [1.82, 2.24) is 5.06 Å². The Labute approximate surface area is 179 Å². The Bertz CT molecular complexity index is 918. The molecule has 2 aromatic rings. The molecule has 0 spiro atoms. The predicted molar refractivity (Wildman–Crippen MR) is 116 cm³/mol. The number of ether oxygens (including phenoxy) is 1. The molecule has 0 heterocycles. The van der Waals surface area contributed by atoms with Gasteiger partial charge in [-0.3, -0.25) is 0 Å². The molecule has 7 heteroatoms. The molecule has 1 unspecified atom stereocenters. The minimum Gasteiger partial charge on any atom is -0.442 e. The van der Waals surface area contributed by atoms with Gasteiger partial charge in [0.2, 0.25) is 0 Å². The minimum absolute atomic E-state index is 0.0156. The molecule has 0 saturated heterocycles. The maximum Gasteiger partial charge on any atom is 0.435 e. The largest absolute Gasteiger partial charge is 0.442 e. The first-order chi connectivity index (χ1) is 14.0. The molecule has 0 aliphatic heterocycles. The zero-order valence-corrected chi connectivity index (χ0v) is 19.1. The molecule has 0 aliphatic rings. The number of carbonyl (C=O) groups is 1. The molecule has 0 bridgehead atoms. The van der Waals surface area contributed by atoms with E-state index in [9.17, 15) is 13.2 Å². The van der Waals surface area contributed by atoms with Crippen LogP contribution in [0.2, 0.25) is 0 Å². The van der Waals surface area contributed by atoms with Gasteiger partial charge in [0.1, 0.15) is 5.60 Å². The Morgan fingerprint density at radius 1 is 1.03 bits per heavy atom. The molecule has 0 aromatic heterocycles. The van der Waals surface area contributed by atoms with Crippen molar-refractivity contribution >= 4 is 16.2 Å². The summed E-state index contributed by atoms with van der Waals surface area (Å²) in [7, 11) is -4.17. The molecular formula is C23H31NO5S. The second-order valence-corrected chi connectivity index (χ2v) is 9.90. The quantitative estimate of drug-likeness (QED) is 0.531. The molecule has 1 atom stereocenters. The van der Waals surface area contributed by atoms with Crippen molar-refractivity contribution in [1.29, 1.82) is 0 Å². The summed E-state index contributed by atoms with van der Waals surface area (Å²) >= 11 is 0. The standard InChI is InChI=1S/C23H31NO5S/c1-18-14-16-21(17-15-18)30(26,27)29-24(22(25)28-23(3,4)5)19(2)10-9-13-20-11-7-6-8-12-20/h6-8,11-12,14-17,19H,9-10,13H2,1-5H3. The first-order valence-corrected chi connectivity index (χ1v) is 11.5. The van der Waals surface area contributed by atoms with Gasteiger partial charge in [-0.05, 0) is 71.6 Å². The maximum absolute atomic E-state index is 12.8. The van der Waals surface area contributed by atoms with Crippen molar-refractivity contribution in [3.8, 4) is 0 Å². The average molecular weight is 434 g/mol. The van der Waals surface area contributed by atoms with E-state index in [0.717, 1.165) is 23.5 Å². The summed E-state index contributed by atoms with van der Waals surface area (Å²) in [6.07, 6.45) is 1.30. The monoisotopic (exact) mass is 433 g/mol. The molecule has 0 radical (unpaired) electrons. The summed E-state index contributed by atoms with van der Waals surface area (Å²) in [6, 6.07) is 15.8. The number of hydrogen-bond acceptors (Lipinski definition) is 5. The van der Waals surface area contributed by atoms with E-state index in [4.69, 9.17) is 9.02 Å². The first-order valence-electron chi connectivity index (χ1n) is 10.1. The molecular weight excluding hydrogens is 402 g/mol. The van der Waals surface area contributed by atoms with Gasteiger partial charge in [0.15, 0.2) is 0 Å². The second-order valence-electron chi connectivity index (χ2n) is 8.37. The number of aryl methyl sites for hydroxylation is 2. The lowest BCUT2D eigenvalue weighted by molar-refractivity contribution is -0.0910. The summed E-state index contributed by atoms with van der Waals surface area (Å²) in [6.45, 7) is 8.77. The van der Waals surface area contributed by atoms with Crippen LogP contribution in [-0.4, -0.2) is 31.2 Å². The topological polar surface area (TPSA) is 72.9 Å². The Balaban J connectivity index is 2.14. The normalized spacial score (nSPS) is 13.0. The van der Waals surface area contributed by atoms with E-state index in [-0.39, 0.29) is 4.90 Å². The van der Waals surface area contributed by atoms with Crippen LogP contribution in [0.5, 0.6) is 0 Å². The summed E-state index contributed by atoms with van der Waals surface area (Å²) in [5.74, 6) is 0. The minimum atomic E-state index is -4.17. The zero-order chi connectivity index (χ0) is 22.4. The van der Waals surface area contributed by atoms with Crippen molar-refractivity contribution in [2.24, 2.45) is 0 Å². The zero-order valence-electron chi connectivity index (χ0n) is 18.3. The van der Waals surface area contributed by atoms with E-state index >= 15 is 0 Å². The van der Waals surface area contributed by atoms with E-state index in [1.807, 2.05) is 37.3 Å². The van der Waals surface area contributed by atoms with Crippen molar-refractivity contribution < 1.29 is 22.2 Å². The third-order valence-corrected chi connectivity index (χ3v) is 5.60. The van der Waals surface area contributed by atoms with Crippen molar-refractivity contribution in [2.75, 3.05) is 0 Å². The second kappa shape index (κ2) is 10.1. The molecule has 164 valence electrons. The third kappa shape index (κ3) is 7.46. The summed E-state index contributed by atoms with van der Waals surface area (Å²) < 4.78 is 36.2. The fraction of sp³-hybridized carbons (Fsp3) is 0.435. The van der Waals surface area contributed by atoms with Crippen molar-refractivity contribution in [3.63, 3.8) is 0 Å². The number of rotatable bonds is 8. The molecule has 0 aliphatic carbocycles. The lowest BCUT2D eigenvalue weighted by Crippen LogP contribution is -2.43. The summed E-state index contributed by atoms with van der Waals surface area (Å²) in [5, 5.41) is 0.839. The van der Waals surface area contributed by atoms with E-state index < -0.39 is 27.9 Å². The number of hydroxylamine groups is 2. The van der Waals surface area contributed by atoms with Gasteiger partial charge >= 0.3 is 16.2 Å². The van der Waals surface area contributed by atoms with E-state index in [2.05, 4.69) is 0 Å². The molecule has 2 rings (SSSR count). The first kappa shape index (κ1) is 23.9. The summed E-state index contributed by atoms with van der Waals surface area (Å²) in [5.41, 5.74) is 1.32. The highest BCUT2D eigenvalue weighted by Crippen LogP contribution is 2.21. The number of benzene rings is 2. The van der Waals surface area contributed by atoms with Crippen LogP contribution in [-0.2, 0) is 25.6 Å². The molecule has 0 N–H and O–H groups in total. The van der Waals surface area contributed by atoms with Gasteiger partial charge in [0.25, 0.3) is 0 Å². The number of hydrogen-bond donors (Lipinski definition) is 0. The van der Waals surface area contributed by atoms with Crippen LogP contribution in [0.4, 0.5) is 4.79 Å². The lowest BCUT2D eigenvalue weighted by atomic mass is 10.1. The van der Waals surface area contributed by atoms with Crippen LogP contribution >= 0.6 is 0 Å². The highest BCUT2D eigenvalue weighted by atomic mass is 32.2. The Kier molecular flexibility index (Phi) is 8.03. The van der Waals surface area contributed by atoms with Crippen LogP contribution in [0.3, 0.4) is 0 Å². The fourth-order valence-electron chi connectivity index (χ4n) is 2.81. The van der Waals surface area contributed by atoms with Gasteiger partial charge in [0.05, 0.1) is 10.9 Å². The third-order valence-electron chi connectivity index (χ3n) is 4.39. The average Bonchev–Trinajstić information content (AvgIpc) is 2.66. The lowest BCUT2D eigenvalue weighted by Gasteiger charge is -2.30. The van der Waals surface area contributed by atoms with E-state index in [1.54, 1.807) is 39.8 Å². The van der Waals surface area contributed by atoms with E-state index in [1.165, 1.54) is 17.7 Å². The highest BCUT2D eigenvalue weighted by Gasteiger charge is 2.32. The van der Waals surface area contributed by atoms with Gasteiger partial charge in [-0.15, -0.1) is 4.28 Å². The van der Waals surface area contributed by atoms with E-state index in [0.29, 0.717) is 6.42 Å². The van der Waals surface area contributed by atoms with Crippen LogP contribution in [0.25, 0.3) is 0 Å². The Morgan fingerprint density at radius 3 is 2.20 bits per heavy atom. The summed E-state index contributed by atoms with van der Waals surface area (Å²) in [4.78, 5) is 12.7. The van der Waals surface area contributed by atoms with Gasteiger partial charge in [0, 0.05) is 0 Å². The highest BCUT2D eigenvalue weighted by molar-refractivity contribution is 7.86. The molecule has 6 nitrogen and oxygen atoms in total. The number of carbonyl (C=O) groups excluding carboxylic acids is 1. The van der Waals surface area contributed by atoms with Crippen molar-refractivity contribution in [2.45, 2.75) is 70.4 Å². The smallest absolute Gasteiger partial charge is 0.435 e. The van der Waals surface area contributed by atoms with Crippen LogP contribution < -0.4 is 0 Å². The van der Waals surface area contributed by atoms with Crippen LogP contribution in [0.1, 0.15) is 51.7 Å². The maximum atomic E-state index is 12.8. The molecule has 30 heavy (non-hydrogen) atoms. The molecule has 0 fully saturated rings. The fourth-order valence-corrected chi connectivity index (χ4v) is 3.78. The van der Waals surface area contributed by atoms with Gasteiger partial charge < -0.3 is 4.74 Å². The molecule has 0 saturated carbocycles. The van der Waals surface area contributed by atoms with Crippen molar-refractivity contribution in [3.05, 3.63) is 65.7 Å². The van der Waals surface area contributed by atoms with Gasteiger partial charge in [-0.25, -0.2) is 4.79 Å². The number of nitrogens with zero attached hydrogens (tertiary/aromatic N) is 1. The van der Waals surface area contributed by atoms with Gasteiger partial charge in [-0.1, -0.05) is 48.0 Å². The van der Waals surface area contributed by atoms with Crippen LogP contribution in [0.15, 0.2) is 59.5 Å². The SMILES string of the molecule is Cc1ccc(S(=O)(=O)ON(C(=O)OC(C)(C)C)C(C)CCCc2ccccc2)cc1. The Hall–Kier alpha value is -2.38. The molecule has 2 aromatic carbocycles. The van der Waals surface area contributed by atoms with Crippen LogP contribution in [0, 0.1) is 6.92 Å². The molecule has 1 amide bonds. The Morgan fingerprint density at radius 2 is 1.63 bits per heavy atom.